The van der Waals surface area contributed by atoms with E-state index in [4.69, 9.17) is 4.74 Å². The second-order valence-corrected chi connectivity index (χ2v) is 6.21. The van der Waals surface area contributed by atoms with Crippen LogP contribution in [0.15, 0.2) is 0 Å². The molecule has 1 aliphatic rings. The minimum Gasteiger partial charge on any atom is -0.465 e. The fourth-order valence-corrected chi connectivity index (χ4v) is 1.94. The van der Waals surface area contributed by atoms with Gasteiger partial charge in [0.15, 0.2) is 0 Å². The average Bonchev–Trinajstić information content (AvgIpc) is 2.12. The average molecular weight is 226 g/mol. The number of ether oxygens (including phenoxy) is 1. The van der Waals surface area contributed by atoms with Gasteiger partial charge in [-0.3, -0.25) is 9.59 Å². The molecule has 1 fully saturated rings. The molecule has 3 heteroatoms. The molecule has 0 heterocycles. The van der Waals surface area contributed by atoms with Crippen molar-refractivity contribution in [3.05, 3.63) is 0 Å². The maximum atomic E-state index is 11.6. The zero-order chi connectivity index (χ0) is 12.4. The van der Waals surface area contributed by atoms with Crippen LogP contribution in [0.2, 0.25) is 0 Å². The molecule has 0 aromatic carbocycles. The van der Waals surface area contributed by atoms with Gasteiger partial charge in [-0.15, -0.1) is 0 Å². The number of Topliss-reactive ketones (excluding diaryl/α,β-unsaturated/α-hetero) is 1. The summed E-state index contributed by atoms with van der Waals surface area (Å²) in [5.41, 5.74) is -0.606. The van der Waals surface area contributed by atoms with Crippen LogP contribution in [0.4, 0.5) is 0 Å². The highest BCUT2D eigenvalue weighted by Gasteiger charge is 2.34. The Kier molecular flexibility index (Phi) is 3.76. The van der Waals surface area contributed by atoms with Crippen molar-refractivity contribution < 1.29 is 14.3 Å². The molecule has 0 aromatic heterocycles. The topological polar surface area (TPSA) is 43.4 Å². The quantitative estimate of drug-likeness (QED) is 0.680. The summed E-state index contributed by atoms with van der Waals surface area (Å²) in [5, 5.41) is 0. The fourth-order valence-electron chi connectivity index (χ4n) is 1.94. The largest absolute Gasteiger partial charge is 0.465 e. The zero-order valence-corrected chi connectivity index (χ0v) is 10.8. The van der Waals surface area contributed by atoms with Gasteiger partial charge in [0, 0.05) is 18.3 Å². The van der Waals surface area contributed by atoms with Gasteiger partial charge in [-0.1, -0.05) is 6.92 Å². The molecule has 1 unspecified atom stereocenters. The van der Waals surface area contributed by atoms with Crippen LogP contribution in [0.5, 0.6) is 0 Å². The first-order valence-corrected chi connectivity index (χ1v) is 5.92. The van der Waals surface area contributed by atoms with E-state index in [1.807, 2.05) is 27.7 Å². The van der Waals surface area contributed by atoms with Crippen molar-refractivity contribution in [1.82, 2.24) is 0 Å². The molecule has 0 aromatic rings. The van der Waals surface area contributed by atoms with Crippen LogP contribution in [-0.4, -0.2) is 18.4 Å². The third-order valence-corrected chi connectivity index (χ3v) is 3.02. The van der Waals surface area contributed by atoms with Crippen LogP contribution >= 0.6 is 0 Å². The fraction of sp³-hybridized carbons (Fsp3) is 0.846. The third kappa shape index (κ3) is 3.62. The van der Waals surface area contributed by atoms with E-state index in [0.717, 1.165) is 12.8 Å². The normalized spacial score (nSPS) is 26.6. The number of hydrogen-bond acceptors (Lipinski definition) is 3. The monoisotopic (exact) mass is 226 g/mol. The van der Waals surface area contributed by atoms with E-state index in [2.05, 4.69) is 0 Å². The van der Waals surface area contributed by atoms with Gasteiger partial charge in [0.25, 0.3) is 0 Å². The number of carbonyl (C=O) groups is 2. The Hall–Kier alpha value is -0.860. The van der Waals surface area contributed by atoms with E-state index in [1.54, 1.807) is 0 Å². The predicted octanol–water partition coefficient (Wildman–Crippen LogP) is 2.73. The van der Waals surface area contributed by atoms with Gasteiger partial charge in [-0.05, 0) is 33.6 Å². The second kappa shape index (κ2) is 4.56. The highest BCUT2D eigenvalue weighted by atomic mass is 16.5. The summed E-state index contributed by atoms with van der Waals surface area (Å²) in [6.07, 6.45) is 3.12. The molecule has 0 amide bonds. The Morgan fingerprint density at radius 1 is 1.44 bits per heavy atom. The lowest BCUT2D eigenvalue weighted by molar-refractivity contribution is -0.158. The van der Waals surface area contributed by atoms with E-state index in [9.17, 15) is 9.59 Å². The van der Waals surface area contributed by atoms with Crippen LogP contribution in [0.1, 0.15) is 53.4 Å². The lowest BCUT2D eigenvalue weighted by atomic mass is 9.76. The van der Waals surface area contributed by atoms with E-state index >= 15 is 0 Å². The smallest absolute Gasteiger partial charge is 0.311 e. The first-order chi connectivity index (χ1) is 7.23. The summed E-state index contributed by atoms with van der Waals surface area (Å²) in [6.45, 7) is 7.91. The Morgan fingerprint density at radius 2 is 2.06 bits per heavy atom. The molecule has 0 bridgehead atoms. The number of hydrogen-bond donors (Lipinski definition) is 0. The summed E-state index contributed by atoms with van der Waals surface area (Å²) >= 11 is 0. The van der Waals surface area contributed by atoms with E-state index in [1.165, 1.54) is 0 Å². The maximum absolute atomic E-state index is 11.6. The summed E-state index contributed by atoms with van der Waals surface area (Å²) in [4.78, 5) is 23.0. The molecule has 16 heavy (non-hydrogen) atoms. The van der Waals surface area contributed by atoms with Crippen LogP contribution < -0.4 is 0 Å². The van der Waals surface area contributed by atoms with Crippen LogP contribution in [0, 0.1) is 10.8 Å². The van der Waals surface area contributed by atoms with Crippen molar-refractivity contribution in [1.29, 1.82) is 0 Å². The third-order valence-electron chi connectivity index (χ3n) is 3.02. The van der Waals surface area contributed by atoms with Crippen molar-refractivity contribution in [2.45, 2.75) is 53.4 Å². The summed E-state index contributed by atoms with van der Waals surface area (Å²) in [7, 11) is 0. The summed E-state index contributed by atoms with van der Waals surface area (Å²) in [6, 6.07) is 0. The number of esters is 1. The number of rotatable bonds is 2. The van der Waals surface area contributed by atoms with Gasteiger partial charge >= 0.3 is 5.97 Å². The SMILES string of the molecule is CC1(COC(=O)C(C)(C)C)CCCC(=O)C1. The molecule has 92 valence electrons. The van der Waals surface area contributed by atoms with Gasteiger partial charge in [0.2, 0.25) is 0 Å². The molecule has 1 saturated carbocycles. The Bertz CT molecular complexity index is 288. The zero-order valence-electron chi connectivity index (χ0n) is 10.8. The van der Waals surface area contributed by atoms with Gasteiger partial charge in [-0.25, -0.2) is 0 Å². The number of ketones is 1. The molecule has 0 spiro atoms. The summed E-state index contributed by atoms with van der Waals surface area (Å²) in [5.74, 6) is 0.104. The van der Waals surface area contributed by atoms with E-state index in [0.29, 0.717) is 25.2 Å². The first-order valence-electron chi connectivity index (χ1n) is 5.92. The molecular formula is C13H22O3. The molecular weight excluding hydrogens is 204 g/mol. The van der Waals surface area contributed by atoms with Crippen molar-refractivity contribution >= 4 is 11.8 Å². The molecule has 1 atom stereocenters. The van der Waals surface area contributed by atoms with Gasteiger partial charge < -0.3 is 4.74 Å². The van der Waals surface area contributed by atoms with Crippen LogP contribution in [-0.2, 0) is 14.3 Å². The Labute approximate surface area is 97.5 Å². The molecule has 1 rings (SSSR count). The molecule has 3 nitrogen and oxygen atoms in total. The predicted molar refractivity (Wildman–Crippen MR) is 62.0 cm³/mol. The van der Waals surface area contributed by atoms with E-state index < -0.39 is 5.41 Å². The van der Waals surface area contributed by atoms with Gasteiger partial charge in [0.1, 0.15) is 5.78 Å². The van der Waals surface area contributed by atoms with Crippen LogP contribution in [0.25, 0.3) is 0 Å². The van der Waals surface area contributed by atoms with Gasteiger partial charge in [0.05, 0.1) is 12.0 Å². The molecule has 1 aliphatic carbocycles. The minimum atomic E-state index is -0.463. The second-order valence-electron chi connectivity index (χ2n) is 6.21. The van der Waals surface area contributed by atoms with Gasteiger partial charge in [-0.2, -0.15) is 0 Å². The molecule has 0 aliphatic heterocycles. The Balaban J connectivity index is 2.48. The number of carbonyl (C=O) groups excluding carboxylic acids is 2. The first kappa shape index (κ1) is 13.2. The summed E-state index contributed by atoms with van der Waals surface area (Å²) < 4.78 is 5.31. The van der Waals surface area contributed by atoms with Crippen LogP contribution in [0.3, 0.4) is 0 Å². The van der Waals surface area contributed by atoms with E-state index in [-0.39, 0.29) is 11.4 Å². The van der Waals surface area contributed by atoms with Crippen molar-refractivity contribution in [2.75, 3.05) is 6.61 Å². The van der Waals surface area contributed by atoms with Crippen molar-refractivity contribution in [2.24, 2.45) is 10.8 Å². The molecule has 0 saturated heterocycles. The minimum absolute atomic E-state index is 0.143. The molecule has 0 N–H and O–H groups in total. The van der Waals surface area contributed by atoms with Crippen molar-refractivity contribution in [3.63, 3.8) is 0 Å². The molecule has 0 radical (unpaired) electrons. The highest BCUT2D eigenvalue weighted by Crippen LogP contribution is 2.34. The maximum Gasteiger partial charge on any atom is 0.311 e. The standard InChI is InChI=1S/C13H22O3/c1-12(2,3)11(15)16-9-13(4)7-5-6-10(14)8-13/h5-9H2,1-4H3. The lowest BCUT2D eigenvalue weighted by Crippen LogP contribution is -2.34. The lowest BCUT2D eigenvalue weighted by Gasteiger charge is -2.32. The highest BCUT2D eigenvalue weighted by molar-refractivity contribution is 5.80. The van der Waals surface area contributed by atoms with Crippen molar-refractivity contribution in [3.8, 4) is 0 Å². The Morgan fingerprint density at radius 3 is 2.56 bits per heavy atom.